The zero-order chi connectivity index (χ0) is 27.2. The number of nitrogens with zero attached hydrogens (tertiary/aromatic N) is 1. The van der Waals surface area contributed by atoms with E-state index in [0.29, 0.717) is 11.6 Å². The number of aromatic nitrogens is 2. The molecule has 0 atom stereocenters. The predicted octanol–water partition coefficient (Wildman–Crippen LogP) is 3.35. The molecule has 0 spiro atoms. The molecule has 0 amide bonds. The first-order valence-corrected chi connectivity index (χ1v) is 16.0. The van der Waals surface area contributed by atoms with Crippen molar-refractivity contribution >= 4 is 40.2 Å². The van der Waals surface area contributed by atoms with Crippen LogP contribution in [0.15, 0.2) is 161 Å². The summed E-state index contributed by atoms with van der Waals surface area (Å²) in [6.45, 7) is 0. The monoisotopic (exact) mass is 590 g/mol. The van der Waals surface area contributed by atoms with Gasteiger partial charge in [-0.2, -0.15) is 0 Å². The third kappa shape index (κ3) is 5.78. The molecular weight excluding hydrogens is 563 g/mol. The summed E-state index contributed by atoms with van der Waals surface area (Å²) >= 11 is 1.63. The van der Waals surface area contributed by atoms with Gasteiger partial charge in [-0.05, 0) is 42.0 Å². The van der Waals surface area contributed by atoms with Gasteiger partial charge in [-0.1, -0.05) is 127 Å². The van der Waals surface area contributed by atoms with E-state index in [1.807, 2.05) is 66.7 Å². The Hall–Kier alpha value is -3.95. The molecule has 6 aromatic rings. The van der Waals surface area contributed by atoms with Crippen LogP contribution in [-0.4, -0.2) is 9.97 Å². The van der Waals surface area contributed by atoms with E-state index in [2.05, 4.69) is 89.9 Å². The van der Waals surface area contributed by atoms with Gasteiger partial charge >= 0.3 is 0 Å². The third-order valence-electron chi connectivity index (χ3n) is 6.89. The van der Waals surface area contributed by atoms with Gasteiger partial charge in [-0.15, -0.1) is 0 Å². The summed E-state index contributed by atoms with van der Waals surface area (Å²) in [5.74, 6) is 1.29. The molecule has 0 saturated heterocycles. The van der Waals surface area contributed by atoms with Crippen LogP contribution in [0.25, 0.3) is 11.4 Å². The van der Waals surface area contributed by atoms with Crippen molar-refractivity contribution in [3.05, 3.63) is 168 Å². The second-order valence-electron chi connectivity index (χ2n) is 9.39. The van der Waals surface area contributed by atoms with Crippen molar-refractivity contribution in [1.29, 1.82) is 0 Å². The maximum atomic E-state index is 14.5. The summed E-state index contributed by atoms with van der Waals surface area (Å²) in [5.41, 5.74) is 1.97. The number of halogens is 1. The fourth-order valence-electron chi connectivity index (χ4n) is 5.09. The van der Waals surface area contributed by atoms with E-state index in [9.17, 15) is 4.79 Å². The highest BCUT2D eigenvalue weighted by Gasteiger charge is 2.52. The average Bonchev–Trinajstić information content (AvgIpc) is 3.03. The molecule has 6 rings (SSSR count). The Bertz CT molecular complexity index is 1650. The van der Waals surface area contributed by atoms with Gasteiger partial charge in [0, 0.05) is 11.3 Å². The Morgan fingerprint density at radius 2 is 1.00 bits per heavy atom. The molecule has 0 aliphatic rings. The van der Waals surface area contributed by atoms with Crippen LogP contribution in [0.3, 0.4) is 0 Å². The minimum absolute atomic E-state index is 0. The zero-order valence-corrected chi connectivity index (χ0v) is 24.7. The normalized spacial score (nSPS) is 11.0. The molecule has 1 N–H and O–H groups in total. The van der Waals surface area contributed by atoms with Crippen LogP contribution in [0.5, 0.6) is 0 Å². The van der Waals surface area contributed by atoms with Crippen molar-refractivity contribution < 1.29 is 12.4 Å². The molecule has 1 aromatic heterocycles. The van der Waals surface area contributed by atoms with E-state index >= 15 is 0 Å². The molecule has 41 heavy (non-hydrogen) atoms. The van der Waals surface area contributed by atoms with Crippen molar-refractivity contribution in [2.45, 2.75) is 10.8 Å². The second-order valence-corrected chi connectivity index (χ2v) is 13.7. The van der Waals surface area contributed by atoms with Gasteiger partial charge in [0.2, 0.25) is 5.30 Å². The van der Waals surface area contributed by atoms with E-state index in [1.54, 1.807) is 11.8 Å². The smallest absolute Gasteiger partial charge is 0.296 e. The molecule has 0 aliphatic heterocycles. The van der Waals surface area contributed by atoms with Crippen LogP contribution >= 0.6 is 19.0 Å². The lowest BCUT2D eigenvalue weighted by Gasteiger charge is -2.28. The van der Waals surface area contributed by atoms with Crippen molar-refractivity contribution in [1.82, 2.24) is 9.97 Å². The van der Waals surface area contributed by atoms with Crippen molar-refractivity contribution in [2.24, 2.45) is 0 Å². The molecule has 0 bridgehead atoms. The van der Waals surface area contributed by atoms with Crippen molar-refractivity contribution in [2.75, 3.05) is 0 Å². The van der Waals surface area contributed by atoms with Gasteiger partial charge in [0.15, 0.2) is 7.26 Å². The van der Waals surface area contributed by atoms with Crippen molar-refractivity contribution in [3.63, 3.8) is 0 Å². The van der Waals surface area contributed by atoms with E-state index < -0.39 is 7.26 Å². The number of aromatic amines is 1. The van der Waals surface area contributed by atoms with Gasteiger partial charge in [-0.3, -0.25) is 4.79 Å². The molecule has 3 nitrogen and oxygen atoms in total. The van der Waals surface area contributed by atoms with E-state index in [-0.39, 0.29) is 18.0 Å². The topological polar surface area (TPSA) is 45.8 Å². The van der Waals surface area contributed by atoms with Crippen LogP contribution in [-0.2, 0) is 5.75 Å². The second kappa shape index (κ2) is 13.1. The number of H-pyrrole nitrogens is 1. The molecule has 0 aliphatic carbocycles. The number of nitrogens with one attached hydrogen (secondary N) is 1. The fraction of sp³-hybridized carbons (Fsp3) is 0.0286. The van der Waals surface area contributed by atoms with Crippen LogP contribution in [0, 0.1) is 0 Å². The number of hydrogen-bond acceptors (Lipinski definition) is 3. The third-order valence-corrected chi connectivity index (χ3v) is 12.4. The highest BCUT2D eigenvalue weighted by atomic mass is 35.5. The Labute approximate surface area is 251 Å². The maximum absolute atomic E-state index is 14.5. The molecule has 1 heterocycles. The lowest BCUT2D eigenvalue weighted by atomic mass is 10.2. The lowest BCUT2D eigenvalue weighted by molar-refractivity contribution is -0.00000781. The molecule has 0 saturated carbocycles. The Morgan fingerprint density at radius 1 is 0.585 bits per heavy atom. The predicted molar refractivity (Wildman–Crippen MR) is 171 cm³/mol. The van der Waals surface area contributed by atoms with E-state index in [0.717, 1.165) is 31.8 Å². The highest BCUT2D eigenvalue weighted by molar-refractivity contribution is 8.04. The first-order valence-electron chi connectivity index (χ1n) is 13.2. The Balaban J connectivity index is 0.00000337. The SMILES string of the molecule is O=c1[nH]c(-c2ccccc2)nc(SCc2ccccc2)c1[P+](c1ccccc1)(c1ccccc1)c1ccccc1.[Cl-]. The molecule has 0 radical (unpaired) electrons. The maximum Gasteiger partial charge on any atom is 0.296 e. The van der Waals surface area contributed by atoms with Crippen molar-refractivity contribution in [3.8, 4) is 11.4 Å². The van der Waals surface area contributed by atoms with Gasteiger partial charge in [0.1, 0.15) is 26.8 Å². The van der Waals surface area contributed by atoms with Gasteiger partial charge in [0.25, 0.3) is 5.56 Å². The van der Waals surface area contributed by atoms with Gasteiger partial charge in [0.05, 0.1) is 0 Å². The minimum atomic E-state index is -2.64. The lowest BCUT2D eigenvalue weighted by Crippen LogP contribution is -3.00. The first kappa shape index (κ1) is 28.6. The zero-order valence-electron chi connectivity index (χ0n) is 22.2. The minimum Gasteiger partial charge on any atom is -1.00 e. The summed E-state index contributed by atoms with van der Waals surface area (Å²) in [4.78, 5) is 22.9. The number of benzene rings is 5. The number of thioether (sulfide) groups is 1. The standard InChI is InChI=1S/C35H27N2OPS.ClH/c38-34-32(35(40-26-27-16-6-1-7-17-27)37-33(36-34)28-18-8-2-9-19-28)39(29-20-10-3-11-21-29,30-22-12-4-13-23-30)31-24-14-5-15-25-31;/h1-25H,26H2;1H. The quantitative estimate of drug-likeness (QED) is 0.168. The highest BCUT2D eigenvalue weighted by Crippen LogP contribution is 2.54. The Morgan fingerprint density at radius 3 is 1.46 bits per heavy atom. The van der Waals surface area contributed by atoms with E-state index in [4.69, 9.17) is 4.98 Å². The number of rotatable bonds is 8. The largest absolute Gasteiger partial charge is 1.00 e. The molecule has 5 aromatic carbocycles. The van der Waals surface area contributed by atoms with Crippen LogP contribution in [0.2, 0.25) is 0 Å². The van der Waals surface area contributed by atoms with Gasteiger partial charge < -0.3 is 17.4 Å². The molecule has 202 valence electrons. The van der Waals surface area contributed by atoms with Crippen LogP contribution in [0.1, 0.15) is 5.56 Å². The summed E-state index contributed by atoms with van der Waals surface area (Å²) in [5, 5.41) is 4.85. The summed E-state index contributed by atoms with van der Waals surface area (Å²) in [6.07, 6.45) is 0. The van der Waals surface area contributed by atoms with Gasteiger partial charge in [-0.25, -0.2) is 4.98 Å². The summed E-state index contributed by atoms with van der Waals surface area (Å²) in [7, 11) is -2.64. The number of hydrogen-bond donors (Lipinski definition) is 1. The fourth-order valence-corrected chi connectivity index (χ4v) is 10.8. The van der Waals surface area contributed by atoms with Crippen LogP contribution < -0.4 is 39.2 Å². The van der Waals surface area contributed by atoms with E-state index in [1.165, 1.54) is 5.56 Å². The average molecular weight is 591 g/mol. The summed E-state index contributed by atoms with van der Waals surface area (Å²) in [6, 6.07) is 51.6. The first-order chi connectivity index (χ1) is 19.8. The summed E-state index contributed by atoms with van der Waals surface area (Å²) < 4.78 is 0. The Kier molecular flexibility index (Phi) is 9.16. The molecule has 6 heteroatoms. The molecule has 0 unspecified atom stereocenters. The van der Waals surface area contributed by atoms with Crippen LogP contribution in [0.4, 0.5) is 0 Å². The molecule has 0 fully saturated rings. The molecular formula is C35H28ClN2OPS.